The van der Waals surface area contributed by atoms with Crippen molar-refractivity contribution in [2.75, 3.05) is 0 Å². The van der Waals surface area contributed by atoms with E-state index in [0.29, 0.717) is 0 Å². The van der Waals surface area contributed by atoms with E-state index in [1.165, 1.54) is 0 Å². The molecule has 6 nitrogen and oxygen atoms in total. The van der Waals surface area contributed by atoms with Crippen LogP contribution in [0, 0.1) is 0 Å². The molecule has 0 radical (unpaired) electrons. The molecule has 11 heavy (non-hydrogen) atoms. The Morgan fingerprint density at radius 1 is 1.55 bits per heavy atom. The number of nitrogens with two attached hydrogens (primary N) is 1. The van der Waals surface area contributed by atoms with Crippen LogP contribution in [0.1, 0.15) is 12.8 Å². The van der Waals surface area contributed by atoms with Gasteiger partial charge in [0.25, 0.3) is 0 Å². The van der Waals surface area contributed by atoms with E-state index in [1.807, 2.05) is 0 Å². The first-order chi connectivity index (χ1) is 5.07. The average Bonchev–Trinajstić information content (AvgIpc) is 1.87. The molecular formula is C5H10N2O4. The lowest BCUT2D eigenvalue weighted by Gasteiger charge is -2.06. The van der Waals surface area contributed by atoms with Gasteiger partial charge in [-0.2, -0.15) is 5.48 Å². The highest BCUT2D eigenvalue weighted by Gasteiger charge is 2.15. The minimum atomic E-state index is -1.21. The summed E-state index contributed by atoms with van der Waals surface area (Å²) in [5.41, 5.74) is 6.30. The van der Waals surface area contributed by atoms with Gasteiger partial charge in [-0.1, -0.05) is 0 Å². The molecule has 0 aromatic heterocycles. The van der Waals surface area contributed by atoms with Crippen LogP contribution in [-0.2, 0) is 9.59 Å². The van der Waals surface area contributed by atoms with Gasteiger partial charge in [0.05, 0.1) is 0 Å². The van der Waals surface area contributed by atoms with Gasteiger partial charge in [-0.05, 0) is 6.42 Å². The van der Waals surface area contributed by atoms with Gasteiger partial charge in [-0.25, -0.2) is 0 Å². The summed E-state index contributed by atoms with van der Waals surface area (Å²) in [6, 6.07) is -1.12. The average molecular weight is 162 g/mol. The topological polar surface area (TPSA) is 113 Å². The number of aliphatic carboxylic acids is 1. The fraction of sp³-hybridized carbons (Fsp3) is 0.600. The fourth-order valence-electron chi connectivity index (χ4n) is 0.530. The minimum absolute atomic E-state index is 0.0127. The van der Waals surface area contributed by atoms with Gasteiger partial charge >= 0.3 is 5.97 Å². The monoisotopic (exact) mass is 162 g/mol. The maximum absolute atomic E-state index is 10.2. The first-order valence-electron chi connectivity index (χ1n) is 2.98. The molecular weight excluding hydrogens is 152 g/mol. The van der Waals surface area contributed by atoms with Crippen LogP contribution >= 0.6 is 0 Å². The zero-order valence-corrected chi connectivity index (χ0v) is 5.78. The summed E-state index contributed by atoms with van der Waals surface area (Å²) in [7, 11) is 0. The molecule has 0 rings (SSSR count). The lowest BCUT2D eigenvalue weighted by atomic mass is 10.1. The lowest BCUT2D eigenvalue weighted by molar-refractivity contribution is -0.142. The van der Waals surface area contributed by atoms with Crippen LogP contribution in [0.2, 0.25) is 0 Å². The van der Waals surface area contributed by atoms with Gasteiger partial charge in [0, 0.05) is 6.42 Å². The van der Waals surface area contributed by atoms with Gasteiger partial charge in [0.2, 0.25) is 5.91 Å². The number of amides is 1. The zero-order valence-electron chi connectivity index (χ0n) is 5.78. The second-order valence-electron chi connectivity index (χ2n) is 2.02. The summed E-state index contributed by atoms with van der Waals surface area (Å²) >= 11 is 0. The predicted octanol–water partition coefficient (Wildman–Crippen LogP) is -1.32. The number of carboxylic acids is 1. The van der Waals surface area contributed by atoms with Crippen molar-refractivity contribution < 1.29 is 19.9 Å². The van der Waals surface area contributed by atoms with Crippen molar-refractivity contribution in [3.05, 3.63) is 0 Å². The Morgan fingerprint density at radius 3 is 2.36 bits per heavy atom. The first-order valence-corrected chi connectivity index (χ1v) is 2.98. The van der Waals surface area contributed by atoms with Gasteiger partial charge in [0.15, 0.2) is 0 Å². The third kappa shape index (κ3) is 4.29. The van der Waals surface area contributed by atoms with E-state index >= 15 is 0 Å². The van der Waals surface area contributed by atoms with Crippen molar-refractivity contribution in [2.45, 2.75) is 18.9 Å². The third-order valence-corrected chi connectivity index (χ3v) is 1.13. The number of hydroxylamine groups is 1. The van der Waals surface area contributed by atoms with Crippen molar-refractivity contribution in [3.63, 3.8) is 0 Å². The summed E-state index contributed by atoms with van der Waals surface area (Å²) in [5.74, 6) is -1.81. The van der Waals surface area contributed by atoms with Crippen LogP contribution in [-0.4, -0.2) is 28.2 Å². The Balaban J connectivity index is 3.70. The third-order valence-electron chi connectivity index (χ3n) is 1.13. The van der Waals surface area contributed by atoms with E-state index in [4.69, 9.17) is 16.0 Å². The molecule has 0 fully saturated rings. The number of hydrogen-bond acceptors (Lipinski definition) is 4. The van der Waals surface area contributed by atoms with E-state index < -0.39 is 17.9 Å². The summed E-state index contributed by atoms with van der Waals surface area (Å²) in [6.45, 7) is 0. The lowest BCUT2D eigenvalue weighted by Crippen LogP contribution is -2.35. The van der Waals surface area contributed by atoms with Crippen LogP contribution in [0.3, 0.4) is 0 Å². The molecule has 0 aromatic rings. The Morgan fingerprint density at radius 2 is 2.09 bits per heavy atom. The molecule has 0 aliphatic carbocycles. The molecule has 0 bridgehead atoms. The number of carbonyl (C=O) groups is 2. The molecule has 64 valence electrons. The number of carboxylic acid groups (broad SMARTS) is 1. The molecule has 0 aliphatic rings. The molecule has 0 saturated carbocycles. The standard InChI is InChI=1S/C5H10N2O4/c6-4(8)2-1-3(7-11)5(9)10/h3,7,11H,1-2H2,(H2,6,8)(H,9,10)/t3-/m0/s1. The van der Waals surface area contributed by atoms with Crippen LogP contribution in [0.4, 0.5) is 0 Å². The molecule has 6 heteroatoms. The molecule has 0 saturated heterocycles. The van der Waals surface area contributed by atoms with Gasteiger partial charge in [-0.3, -0.25) is 9.59 Å². The Labute approximate surface area is 63.0 Å². The smallest absolute Gasteiger partial charge is 0.323 e. The first kappa shape index (κ1) is 9.86. The number of nitrogens with one attached hydrogen (secondary N) is 1. The summed E-state index contributed by atoms with van der Waals surface area (Å²) < 4.78 is 0. The van der Waals surface area contributed by atoms with E-state index in [0.717, 1.165) is 0 Å². The number of carbonyl (C=O) groups excluding carboxylic acids is 1. The normalized spacial score (nSPS) is 12.5. The van der Waals surface area contributed by atoms with Gasteiger partial charge in [0.1, 0.15) is 6.04 Å². The van der Waals surface area contributed by atoms with Gasteiger partial charge < -0.3 is 16.0 Å². The van der Waals surface area contributed by atoms with Crippen molar-refractivity contribution in [1.82, 2.24) is 5.48 Å². The molecule has 5 N–H and O–H groups in total. The molecule has 1 atom stereocenters. The molecule has 0 unspecified atom stereocenters. The Kier molecular flexibility index (Phi) is 4.16. The summed E-state index contributed by atoms with van der Waals surface area (Å²) in [4.78, 5) is 20.3. The highest BCUT2D eigenvalue weighted by Crippen LogP contribution is 1.95. The van der Waals surface area contributed by atoms with Crippen molar-refractivity contribution >= 4 is 11.9 Å². The molecule has 0 aliphatic heterocycles. The van der Waals surface area contributed by atoms with Crippen LogP contribution in [0.5, 0.6) is 0 Å². The largest absolute Gasteiger partial charge is 0.480 e. The summed E-state index contributed by atoms with van der Waals surface area (Å²) in [5, 5.41) is 16.5. The quantitative estimate of drug-likeness (QED) is 0.375. The number of primary amides is 1. The Hall–Kier alpha value is -1.14. The second-order valence-corrected chi connectivity index (χ2v) is 2.02. The Bertz CT molecular complexity index is 159. The van der Waals surface area contributed by atoms with Crippen LogP contribution < -0.4 is 11.2 Å². The molecule has 0 aromatic carbocycles. The van der Waals surface area contributed by atoms with E-state index in [1.54, 1.807) is 5.48 Å². The van der Waals surface area contributed by atoms with E-state index in [-0.39, 0.29) is 12.8 Å². The van der Waals surface area contributed by atoms with E-state index in [2.05, 4.69) is 0 Å². The fourth-order valence-corrected chi connectivity index (χ4v) is 0.530. The van der Waals surface area contributed by atoms with Gasteiger partial charge in [-0.15, -0.1) is 0 Å². The SMILES string of the molecule is NC(=O)CC[C@H](NO)C(=O)O. The maximum Gasteiger partial charge on any atom is 0.323 e. The highest BCUT2D eigenvalue weighted by molar-refractivity contribution is 5.77. The molecule has 1 amide bonds. The minimum Gasteiger partial charge on any atom is -0.480 e. The zero-order chi connectivity index (χ0) is 8.85. The molecule has 0 spiro atoms. The maximum atomic E-state index is 10.2. The second kappa shape index (κ2) is 4.64. The van der Waals surface area contributed by atoms with E-state index in [9.17, 15) is 9.59 Å². The highest BCUT2D eigenvalue weighted by atomic mass is 16.5. The van der Waals surface area contributed by atoms with Crippen LogP contribution in [0.25, 0.3) is 0 Å². The number of hydrogen-bond donors (Lipinski definition) is 4. The molecule has 0 heterocycles. The number of rotatable bonds is 5. The summed E-state index contributed by atoms with van der Waals surface area (Å²) in [6.07, 6.45) is -0.0777. The van der Waals surface area contributed by atoms with Crippen LogP contribution in [0.15, 0.2) is 0 Å². The predicted molar refractivity (Wildman–Crippen MR) is 34.8 cm³/mol. The van der Waals surface area contributed by atoms with Crippen molar-refractivity contribution in [3.8, 4) is 0 Å². The van der Waals surface area contributed by atoms with Crippen molar-refractivity contribution in [1.29, 1.82) is 0 Å². The van der Waals surface area contributed by atoms with Crippen molar-refractivity contribution in [2.24, 2.45) is 5.73 Å².